The molecule has 0 saturated carbocycles. The predicted molar refractivity (Wildman–Crippen MR) is 104 cm³/mol. The molecule has 26 heavy (non-hydrogen) atoms. The van der Waals surface area contributed by atoms with Gasteiger partial charge in [-0.3, -0.25) is 4.79 Å². The van der Waals surface area contributed by atoms with E-state index in [0.29, 0.717) is 18.7 Å². The van der Waals surface area contributed by atoms with E-state index in [4.69, 9.17) is 16.0 Å². The molecule has 3 aromatic rings. The topological polar surface area (TPSA) is 33.5 Å². The number of carbonyl (C=O) groups excluding carboxylic acids is 1. The summed E-state index contributed by atoms with van der Waals surface area (Å²) in [6.07, 6.45) is 6.49. The van der Waals surface area contributed by atoms with Gasteiger partial charge in [0.15, 0.2) is 0 Å². The van der Waals surface area contributed by atoms with Crippen molar-refractivity contribution in [1.82, 2.24) is 4.90 Å². The number of halogens is 1. The van der Waals surface area contributed by atoms with Gasteiger partial charge in [0.05, 0.1) is 6.26 Å². The second kappa shape index (κ2) is 7.22. The van der Waals surface area contributed by atoms with E-state index in [1.165, 1.54) is 0 Å². The lowest BCUT2D eigenvalue weighted by Crippen LogP contribution is -2.35. The first kappa shape index (κ1) is 16.7. The predicted octanol–water partition coefficient (Wildman–Crippen LogP) is 5.30. The fraction of sp³-hybridized carbons (Fsp3) is 0.136. The molecule has 3 nitrogen and oxygen atoms in total. The summed E-state index contributed by atoms with van der Waals surface area (Å²) in [5.41, 5.74) is 3.89. The van der Waals surface area contributed by atoms with Crippen molar-refractivity contribution < 1.29 is 9.21 Å². The van der Waals surface area contributed by atoms with Crippen LogP contribution in [0.25, 0.3) is 12.2 Å². The molecule has 0 spiro atoms. The Morgan fingerprint density at radius 3 is 2.65 bits per heavy atom. The first-order chi connectivity index (χ1) is 12.7. The summed E-state index contributed by atoms with van der Waals surface area (Å²) in [5.74, 6) is 1.05. The SMILES string of the molecule is O=C(c1ccc(C=Cc2cccc(Cl)c2)cc1)N1CCc2occc2C1. The Hall–Kier alpha value is -2.78. The molecule has 0 aliphatic carbocycles. The molecule has 0 radical (unpaired) electrons. The van der Waals surface area contributed by atoms with Crippen molar-refractivity contribution >= 4 is 29.7 Å². The minimum absolute atomic E-state index is 0.0576. The quantitative estimate of drug-likeness (QED) is 0.591. The van der Waals surface area contributed by atoms with Crippen molar-refractivity contribution in [2.24, 2.45) is 0 Å². The van der Waals surface area contributed by atoms with E-state index >= 15 is 0 Å². The first-order valence-corrected chi connectivity index (χ1v) is 8.95. The molecule has 1 aromatic heterocycles. The number of hydrogen-bond donors (Lipinski definition) is 0. The van der Waals surface area contributed by atoms with Gasteiger partial charge < -0.3 is 9.32 Å². The average molecular weight is 364 g/mol. The van der Waals surface area contributed by atoms with Crippen LogP contribution in [0.1, 0.15) is 32.8 Å². The summed E-state index contributed by atoms with van der Waals surface area (Å²) in [5, 5.41) is 0.718. The van der Waals surface area contributed by atoms with Gasteiger partial charge >= 0.3 is 0 Å². The molecule has 0 saturated heterocycles. The van der Waals surface area contributed by atoms with Crippen molar-refractivity contribution in [2.75, 3.05) is 6.54 Å². The Kier molecular flexibility index (Phi) is 4.63. The summed E-state index contributed by atoms with van der Waals surface area (Å²) in [6.45, 7) is 1.30. The molecule has 4 rings (SSSR count). The van der Waals surface area contributed by atoms with E-state index < -0.39 is 0 Å². The first-order valence-electron chi connectivity index (χ1n) is 8.57. The molecule has 4 heteroatoms. The van der Waals surface area contributed by atoms with Gasteiger partial charge in [-0.05, 0) is 41.5 Å². The normalized spacial score (nSPS) is 13.8. The number of amides is 1. The zero-order valence-corrected chi connectivity index (χ0v) is 14.9. The van der Waals surface area contributed by atoms with Crippen LogP contribution in [0.5, 0.6) is 0 Å². The zero-order chi connectivity index (χ0) is 17.9. The van der Waals surface area contributed by atoms with E-state index in [0.717, 1.165) is 33.9 Å². The number of carbonyl (C=O) groups is 1. The maximum Gasteiger partial charge on any atom is 0.254 e. The molecule has 0 atom stereocenters. The Labute approximate surface area is 157 Å². The Balaban J connectivity index is 1.45. The monoisotopic (exact) mass is 363 g/mol. The van der Waals surface area contributed by atoms with Crippen LogP contribution in [0.4, 0.5) is 0 Å². The summed E-state index contributed by atoms with van der Waals surface area (Å²) in [7, 11) is 0. The molecule has 2 heterocycles. The second-order valence-corrected chi connectivity index (χ2v) is 6.79. The maximum absolute atomic E-state index is 12.7. The van der Waals surface area contributed by atoms with Gasteiger partial charge in [0, 0.05) is 35.7 Å². The third kappa shape index (κ3) is 3.58. The van der Waals surface area contributed by atoms with Gasteiger partial charge in [0.25, 0.3) is 5.91 Å². The second-order valence-electron chi connectivity index (χ2n) is 6.36. The maximum atomic E-state index is 12.7. The summed E-state index contributed by atoms with van der Waals surface area (Å²) < 4.78 is 5.42. The molecule has 130 valence electrons. The highest BCUT2D eigenvalue weighted by Crippen LogP contribution is 2.22. The van der Waals surface area contributed by atoms with Gasteiger partial charge in [-0.2, -0.15) is 0 Å². The van der Waals surface area contributed by atoms with Crippen LogP contribution in [-0.2, 0) is 13.0 Å². The molecule has 1 aliphatic rings. The zero-order valence-electron chi connectivity index (χ0n) is 14.2. The van der Waals surface area contributed by atoms with Crippen molar-refractivity contribution in [2.45, 2.75) is 13.0 Å². The standard InChI is InChI=1S/C22H18ClNO2/c23-20-3-1-2-17(14-20)5-4-16-6-8-18(9-7-16)22(25)24-12-10-21-19(15-24)11-13-26-21/h1-9,11,13-14H,10,12,15H2. The highest BCUT2D eigenvalue weighted by molar-refractivity contribution is 6.30. The van der Waals surface area contributed by atoms with Crippen molar-refractivity contribution in [1.29, 1.82) is 0 Å². The van der Waals surface area contributed by atoms with Crippen molar-refractivity contribution in [3.05, 3.63) is 93.9 Å². The molecule has 0 N–H and O–H groups in total. The molecule has 1 amide bonds. The van der Waals surface area contributed by atoms with E-state index in [1.54, 1.807) is 6.26 Å². The van der Waals surface area contributed by atoms with E-state index in [2.05, 4.69) is 0 Å². The molecular weight excluding hydrogens is 346 g/mol. The van der Waals surface area contributed by atoms with Crippen LogP contribution in [0, 0.1) is 0 Å². The lowest BCUT2D eigenvalue weighted by molar-refractivity contribution is 0.0730. The van der Waals surface area contributed by atoms with Gasteiger partial charge in [0.1, 0.15) is 5.76 Å². The highest BCUT2D eigenvalue weighted by Gasteiger charge is 2.23. The minimum atomic E-state index is 0.0576. The Morgan fingerprint density at radius 2 is 1.85 bits per heavy atom. The van der Waals surface area contributed by atoms with Gasteiger partial charge in [0.2, 0.25) is 0 Å². The molecule has 0 fully saturated rings. The molecule has 0 bridgehead atoms. The van der Waals surface area contributed by atoms with E-state index in [-0.39, 0.29) is 5.91 Å². The number of benzene rings is 2. The van der Waals surface area contributed by atoms with E-state index in [9.17, 15) is 4.79 Å². The van der Waals surface area contributed by atoms with Crippen LogP contribution in [0.2, 0.25) is 5.02 Å². The number of hydrogen-bond acceptors (Lipinski definition) is 2. The number of furan rings is 1. The van der Waals surface area contributed by atoms with Crippen molar-refractivity contribution in [3.8, 4) is 0 Å². The van der Waals surface area contributed by atoms with Gasteiger partial charge in [-0.1, -0.05) is 48.0 Å². The minimum Gasteiger partial charge on any atom is -0.469 e. The average Bonchev–Trinajstić information content (AvgIpc) is 3.14. The smallest absolute Gasteiger partial charge is 0.254 e. The number of rotatable bonds is 3. The molecule has 0 unspecified atom stereocenters. The molecule has 2 aromatic carbocycles. The fourth-order valence-corrected chi connectivity index (χ4v) is 3.34. The third-order valence-corrected chi connectivity index (χ3v) is 4.80. The Bertz CT molecular complexity index is 956. The van der Waals surface area contributed by atoms with Crippen LogP contribution in [0.3, 0.4) is 0 Å². The molecule has 1 aliphatic heterocycles. The highest BCUT2D eigenvalue weighted by atomic mass is 35.5. The van der Waals surface area contributed by atoms with Crippen LogP contribution >= 0.6 is 11.6 Å². The number of nitrogens with zero attached hydrogens (tertiary/aromatic N) is 1. The lowest BCUT2D eigenvalue weighted by Gasteiger charge is -2.26. The summed E-state index contributed by atoms with van der Waals surface area (Å²) >= 11 is 6.00. The van der Waals surface area contributed by atoms with E-state index in [1.807, 2.05) is 71.6 Å². The lowest BCUT2D eigenvalue weighted by atomic mass is 10.1. The summed E-state index contributed by atoms with van der Waals surface area (Å²) in [4.78, 5) is 14.6. The Morgan fingerprint density at radius 1 is 1.04 bits per heavy atom. The summed E-state index contributed by atoms with van der Waals surface area (Å²) in [6, 6.07) is 17.3. The van der Waals surface area contributed by atoms with Crippen LogP contribution in [-0.4, -0.2) is 17.4 Å². The third-order valence-electron chi connectivity index (χ3n) is 4.57. The largest absolute Gasteiger partial charge is 0.469 e. The van der Waals surface area contributed by atoms with Gasteiger partial charge in [-0.25, -0.2) is 0 Å². The van der Waals surface area contributed by atoms with Gasteiger partial charge in [-0.15, -0.1) is 0 Å². The van der Waals surface area contributed by atoms with Crippen molar-refractivity contribution in [3.63, 3.8) is 0 Å². The van der Waals surface area contributed by atoms with Crippen LogP contribution < -0.4 is 0 Å². The van der Waals surface area contributed by atoms with Crippen LogP contribution in [0.15, 0.2) is 65.3 Å². The molecular formula is C22H18ClNO2. The fourth-order valence-electron chi connectivity index (χ4n) is 3.14. The number of fused-ring (bicyclic) bond motifs is 1.